The molecule has 0 unspecified atom stereocenters. The average Bonchev–Trinajstić information content (AvgIpc) is 3.53. The summed E-state index contributed by atoms with van der Waals surface area (Å²) in [7, 11) is 3.72. The van der Waals surface area contributed by atoms with Crippen LogP contribution < -0.4 is 0 Å². The molecule has 5 rings (SSSR count). The normalized spacial score (nSPS) is 29.1. The van der Waals surface area contributed by atoms with Crippen molar-refractivity contribution in [3.05, 3.63) is 24.2 Å². The van der Waals surface area contributed by atoms with Crippen molar-refractivity contribution in [2.75, 3.05) is 20.7 Å². The molecule has 0 spiro atoms. The van der Waals surface area contributed by atoms with E-state index in [0.29, 0.717) is 17.0 Å². The van der Waals surface area contributed by atoms with Crippen LogP contribution in [0.4, 0.5) is 10.6 Å². The van der Waals surface area contributed by atoms with Crippen LogP contribution >= 0.6 is 0 Å². The van der Waals surface area contributed by atoms with E-state index >= 15 is 0 Å². The van der Waals surface area contributed by atoms with E-state index in [1.165, 1.54) is 12.7 Å². The highest BCUT2D eigenvalue weighted by Gasteiger charge is 2.65. The Bertz CT molecular complexity index is 1250. The Labute approximate surface area is 227 Å². The quantitative estimate of drug-likeness (QED) is 0.302. The lowest BCUT2D eigenvalue weighted by atomic mass is 9.92. The Balaban J connectivity index is 1.38. The van der Waals surface area contributed by atoms with E-state index in [1.54, 1.807) is 41.7 Å². The zero-order valence-corrected chi connectivity index (χ0v) is 22.9. The molecule has 3 aliphatic rings. The number of nitrogens with zero attached hydrogens (tertiary/aromatic N) is 6. The van der Waals surface area contributed by atoms with Gasteiger partial charge in [-0.25, -0.2) is 19.3 Å². The van der Waals surface area contributed by atoms with E-state index < -0.39 is 35.9 Å². The maximum atomic E-state index is 12.6. The fraction of sp³-hybridized carbons (Fsp3) is 0.667. The van der Waals surface area contributed by atoms with Crippen LogP contribution in [-0.4, -0.2) is 82.9 Å². The average molecular weight is 541 g/mol. The van der Waals surface area contributed by atoms with Crippen molar-refractivity contribution >= 4 is 23.8 Å². The molecular weight excluding hydrogens is 504 g/mol. The molecule has 2 aliphatic heterocycles. The number of carbonyl (C=O) groups is 1. The second-order valence-electron chi connectivity index (χ2n) is 11.0. The molecule has 0 aromatic carbocycles. The highest BCUT2D eigenvalue weighted by molar-refractivity contribution is 5.71. The van der Waals surface area contributed by atoms with E-state index in [0.717, 1.165) is 38.5 Å². The van der Waals surface area contributed by atoms with Crippen LogP contribution in [0.5, 0.6) is 0 Å². The van der Waals surface area contributed by atoms with Gasteiger partial charge < -0.3 is 28.6 Å². The molecule has 12 heteroatoms. The van der Waals surface area contributed by atoms with E-state index in [1.807, 2.05) is 14.1 Å². The lowest BCUT2D eigenvalue weighted by molar-refractivity contribution is -0.205. The van der Waals surface area contributed by atoms with Gasteiger partial charge in [0, 0.05) is 14.1 Å². The summed E-state index contributed by atoms with van der Waals surface area (Å²) in [5, 5.41) is 14.9. The predicted molar refractivity (Wildman–Crippen MR) is 139 cm³/mol. The number of fused-ring (bicyclic) bond motifs is 2. The molecule has 210 valence electrons. The van der Waals surface area contributed by atoms with Crippen LogP contribution in [0.1, 0.15) is 64.5 Å². The number of hydrogen-bond acceptors (Lipinski definition) is 10. The van der Waals surface area contributed by atoms with E-state index in [9.17, 15) is 10.1 Å². The number of carbonyl (C=O) groups excluding carboxylic acids is 1. The molecule has 12 nitrogen and oxygen atoms in total. The smallest absolute Gasteiger partial charge is 0.431 e. The molecule has 4 heterocycles. The minimum Gasteiger partial charge on any atom is -0.431 e. The van der Waals surface area contributed by atoms with Gasteiger partial charge in [-0.05, 0) is 51.7 Å². The maximum Gasteiger partial charge on any atom is 0.508 e. The first kappa shape index (κ1) is 27.3. The number of aliphatic imine (C=N–C) groups is 1. The van der Waals surface area contributed by atoms with Gasteiger partial charge in [0.2, 0.25) is 5.60 Å². The summed E-state index contributed by atoms with van der Waals surface area (Å²) < 4.78 is 31.4. The lowest BCUT2D eigenvalue weighted by Crippen LogP contribution is -2.40. The van der Waals surface area contributed by atoms with Gasteiger partial charge in [0.15, 0.2) is 11.6 Å². The fourth-order valence-electron chi connectivity index (χ4n) is 5.56. The van der Waals surface area contributed by atoms with Crippen molar-refractivity contribution in [3.8, 4) is 6.07 Å². The second kappa shape index (κ2) is 11.1. The van der Waals surface area contributed by atoms with Gasteiger partial charge in [-0.2, -0.15) is 10.4 Å². The largest absolute Gasteiger partial charge is 0.508 e. The molecule has 4 atom stereocenters. The molecule has 1 saturated carbocycles. The summed E-state index contributed by atoms with van der Waals surface area (Å²) >= 11 is 0. The Morgan fingerprint density at radius 3 is 2.67 bits per heavy atom. The number of rotatable bonds is 6. The van der Waals surface area contributed by atoms with Crippen molar-refractivity contribution < 1.29 is 28.5 Å². The standard InChI is InChI=1S/C27H36N6O6/c1-26(2)38-22-20(14-35-25(34)36-18-10-8-6-5-7-9-11-18)37-27(15-28,23(22)39-26)21-13-12-19-24(30-17-32(3)4)29-16-31-33(19)21/h12-13,16-18,20,22-23H,5-11,14H2,1-4H3/t20-,22-,23-,27+/m1/s1. The van der Waals surface area contributed by atoms with Gasteiger partial charge in [-0.15, -0.1) is 0 Å². The number of aromatic nitrogens is 3. The highest BCUT2D eigenvalue weighted by Crippen LogP contribution is 2.49. The van der Waals surface area contributed by atoms with Gasteiger partial charge in [-0.1, -0.05) is 19.3 Å². The van der Waals surface area contributed by atoms with Crippen LogP contribution in [0.25, 0.3) is 5.52 Å². The summed E-state index contributed by atoms with van der Waals surface area (Å²) in [6.45, 7) is 3.41. The molecule has 39 heavy (non-hydrogen) atoms. The third-order valence-corrected chi connectivity index (χ3v) is 7.30. The summed E-state index contributed by atoms with van der Waals surface area (Å²) in [6.07, 6.45) is 7.19. The van der Waals surface area contributed by atoms with Crippen molar-refractivity contribution in [1.29, 1.82) is 5.26 Å². The molecule has 1 aliphatic carbocycles. The number of hydrogen-bond donors (Lipinski definition) is 0. The van der Waals surface area contributed by atoms with Crippen molar-refractivity contribution in [1.82, 2.24) is 19.5 Å². The van der Waals surface area contributed by atoms with E-state index in [-0.39, 0.29) is 12.7 Å². The predicted octanol–water partition coefficient (Wildman–Crippen LogP) is 3.85. The van der Waals surface area contributed by atoms with Crippen LogP contribution in [0.2, 0.25) is 0 Å². The van der Waals surface area contributed by atoms with E-state index in [4.69, 9.17) is 23.7 Å². The van der Waals surface area contributed by atoms with Crippen LogP contribution in [0, 0.1) is 11.3 Å². The van der Waals surface area contributed by atoms with Crippen molar-refractivity contribution in [3.63, 3.8) is 0 Å². The molecule has 0 radical (unpaired) electrons. The minimum atomic E-state index is -1.58. The molecule has 2 saturated heterocycles. The maximum absolute atomic E-state index is 12.6. The summed E-state index contributed by atoms with van der Waals surface area (Å²) in [5.74, 6) is -0.532. The number of ether oxygens (including phenoxy) is 5. The SMILES string of the molecule is CN(C)C=Nc1ncnn2c([C@]3(C#N)O[C@H](COC(=O)OC4CCCCCCC4)[C@H]4OC(C)(C)O[C@H]43)ccc12. The van der Waals surface area contributed by atoms with Gasteiger partial charge in [-0.3, -0.25) is 0 Å². The van der Waals surface area contributed by atoms with Crippen LogP contribution in [0.15, 0.2) is 23.5 Å². The van der Waals surface area contributed by atoms with Crippen molar-refractivity contribution in [2.24, 2.45) is 4.99 Å². The van der Waals surface area contributed by atoms with Crippen molar-refractivity contribution in [2.45, 2.75) is 94.6 Å². The molecule has 3 fully saturated rings. The monoisotopic (exact) mass is 540 g/mol. The van der Waals surface area contributed by atoms with E-state index in [2.05, 4.69) is 21.1 Å². The summed E-state index contributed by atoms with van der Waals surface area (Å²) in [6, 6.07) is 5.85. The van der Waals surface area contributed by atoms with Crippen LogP contribution in [-0.2, 0) is 29.3 Å². The molecule has 0 N–H and O–H groups in total. The zero-order valence-electron chi connectivity index (χ0n) is 22.9. The summed E-state index contributed by atoms with van der Waals surface area (Å²) in [5.41, 5.74) is -0.542. The Hall–Kier alpha value is -3.27. The first-order valence-electron chi connectivity index (χ1n) is 13.5. The molecule has 0 bridgehead atoms. The molecular formula is C27H36N6O6. The van der Waals surface area contributed by atoms with Gasteiger partial charge in [0.05, 0.1) is 12.0 Å². The first-order valence-corrected chi connectivity index (χ1v) is 13.5. The minimum absolute atomic E-state index is 0.144. The highest BCUT2D eigenvalue weighted by atomic mass is 16.8. The van der Waals surface area contributed by atoms with Gasteiger partial charge in [0.25, 0.3) is 0 Å². The van der Waals surface area contributed by atoms with Gasteiger partial charge >= 0.3 is 6.16 Å². The second-order valence-corrected chi connectivity index (χ2v) is 11.0. The lowest BCUT2D eigenvalue weighted by Gasteiger charge is -2.29. The first-order chi connectivity index (χ1) is 18.7. The third-order valence-electron chi connectivity index (χ3n) is 7.30. The zero-order chi connectivity index (χ0) is 27.6. The molecule has 0 amide bonds. The number of nitriles is 1. The fourth-order valence-corrected chi connectivity index (χ4v) is 5.56. The Morgan fingerprint density at radius 1 is 1.21 bits per heavy atom. The molecule has 2 aromatic rings. The Kier molecular flexibility index (Phi) is 7.75. The third kappa shape index (κ3) is 5.57. The topological polar surface area (TPSA) is 133 Å². The van der Waals surface area contributed by atoms with Gasteiger partial charge in [0.1, 0.15) is 48.9 Å². The molecule has 2 aromatic heterocycles. The Morgan fingerprint density at radius 2 is 1.95 bits per heavy atom. The summed E-state index contributed by atoms with van der Waals surface area (Å²) in [4.78, 5) is 23.1. The van der Waals surface area contributed by atoms with Crippen LogP contribution in [0.3, 0.4) is 0 Å².